The average Bonchev–Trinajstić information content (AvgIpc) is 2.45. The Morgan fingerprint density at radius 2 is 2.18 bits per heavy atom. The van der Waals surface area contributed by atoms with Gasteiger partial charge < -0.3 is 4.74 Å². The third-order valence-corrected chi connectivity index (χ3v) is 3.33. The van der Waals surface area contributed by atoms with Gasteiger partial charge in [-0.2, -0.15) is 5.01 Å². The summed E-state index contributed by atoms with van der Waals surface area (Å²) >= 11 is 0. The Kier molecular flexibility index (Phi) is 1.50. The van der Waals surface area contributed by atoms with Crippen molar-refractivity contribution in [2.24, 2.45) is 0 Å². The maximum atomic E-state index is 5.56. The fraction of sp³-hybridized carbons (Fsp3) is 1.00. The van der Waals surface area contributed by atoms with E-state index >= 15 is 0 Å². The van der Waals surface area contributed by atoms with Crippen molar-refractivity contribution in [3.05, 3.63) is 0 Å². The normalized spacial score (nSPS) is 49.1. The number of fused-ring (bicyclic) bond motifs is 2. The number of morpholine rings is 1. The molecular formula is C8H17N2O+. The highest BCUT2D eigenvalue weighted by molar-refractivity contribution is 4.80. The van der Waals surface area contributed by atoms with Crippen molar-refractivity contribution in [2.45, 2.75) is 18.6 Å². The Morgan fingerprint density at radius 3 is 2.45 bits per heavy atom. The fourth-order valence-electron chi connectivity index (χ4n) is 2.25. The van der Waals surface area contributed by atoms with Crippen molar-refractivity contribution >= 4 is 0 Å². The van der Waals surface area contributed by atoms with Gasteiger partial charge in [-0.25, -0.2) is 4.59 Å². The first kappa shape index (κ1) is 7.53. The third kappa shape index (κ3) is 0.916. The SMILES string of the molecule is CN(C)[N+]1(C)CC2CC1CO2. The topological polar surface area (TPSA) is 12.5 Å². The van der Waals surface area contributed by atoms with E-state index in [9.17, 15) is 0 Å². The van der Waals surface area contributed by atoms with Gasteiger partial charge >= 0.3 is 0 Å². The van der Waals surface area contributed by atoms with Gasteiger partial charge in [0, 0.05) is 20.5 Å². The predicted octanol–water partition coefficient (Wildman–Crippen LogP) is 0.0807. The molecule has 0 amide bonds. The molecule has 0 spiro atoms. The van der Waals surface area contributed by atoms with Gasteiger partial charge in [0.15, 0.2) is 0 Å². The highest BCUT2D eigenvalue weighted by Crippen LogP contribution is 2.33. The quantitative estimate of drug-likeness (QED) is 0.500. The van der Waals surface area contributed by atoms with Crippen LogP contribution in [0.25, 0.3) is 0 Å². The number of likely N-dealkylation sites (tertiary alicyclic amines) is 1. The molecule has 2 aliphatic rings. The van der Waals surface area contributed by atoms with Crippen LogP contribution in [-0.4, -0.2) is 56.0 Å². The summed E-state index contributed by atoms with van der Waals surface area (Å²) < 4.78 is 6.63. The van der Waals surface area contributed by atoms with Crippen LogP contribution in [-0.2, 0) is 4.74 Å². The summed E-state index contributed by atoms with van der Waals surface area (Å²) in [6.07, 6.45) is 1.79. The Bertz CT molecular complexity index is 171. The number of rotatable bonds is 1. The lowest BCUT2D eigenvalue weighted by atomic mass is 10.2. The maximum absolute atomic E-state index is 5.56. The van der Waals surface area contributed by atoms with Crippen LogP contribution in [0.3, 0.4) is 0 Å². The summed E-state index contributed by atoms with van der Waals surface area (Å²) in [7, 11) is 6.61. The Hall–Kier alpha value is -0.120. The van der Waals surface area contributed by atoms with Crippen LogP contribution < -0.4 is 0 Å². The second-order valence-corrected chi connectivity index (χ2v) is 4.09. The van der Waals surface area contributed by atoms with Crippen LogP contribution in [0.2, 0.25) is 0 Å². The molecule has 0 aromatic carbocycles. The van der Waals surface area contributed by atoms with Gasteiger partial charge in [-0.05, 0) is 0 Å². The van der Waals surface area contributed by atoms with E-state index in [1.54, 1.807) is 0 Å². The van der Waals surface area contributed by atoms with E-state index in [1.807, 2.05) is 0 Å². The minimum atomic E-state index is 0.535. The lowest BCUT2D eigenvalue weighted by Gasteiger charge is -2.41. The van der Waals surface area contributed by atoms with E-state index in [0.29, 0.717) is 6.10 Å². The zero-order valence-electron chi connectivity index (χ0n) is 7.58. The van der Waals surface area contributed by atoms with E-state index in [1.165, 1.54) is 6.42 Å². The number of nitrogens with zero attached hydrogens (tertiary/aromatic N) is 2. The minimum absolute atomic E-state index is 0.535. The first-order valence-electron chi connectivity index (χ1n) is 4.27. The van der Waals surface area contributed by atoms with Crippen molar-refractivity contribution < 1.29 is 9.33 Å². The molecule has 0 aliphatic carbocycles. The molecule has 3 atom stereocenters. The first-order valence-corrected chi connectivity index (χ1v) is 4.27. The van der Waals surface area contributed by atoms with Crippen molar-refractivity contribution in [3.63, 3.8) is 0 Å². The molecule has 2 fully saturated rings. The molecule has 2 bridgehead atoms. The van der Waals surface area contributed by atoms with Gasteiger partial charge in [-0.15, -0.1) is 0 Å². The molecule has 3 nitrogen and oxygen atoms in total. The molecule has 0 aromatic heterocycles. The highest BCUT2D eigenvalue weighted by Gasteiger charge is 2.51. The van der Waals surface area contributed by atoms with Gasteiger partial charge in [0.05, 0.1) is 7.05 Å². The summed E-state index contributed by atoms with van der Waals surface area (Å²) in [5, 5.41) is 2.30. The standard InChI is InChI=1S/C8H17N2O/c1-9(2)10(3)5-8-4-7(10)6-11-8/h7-8H,4-6H2,1-3H3/q+1. The van der Waals surface area contributed by atoms with Gasteiger partial charge in [-0.1, -0.05) is 0 Å². The monoisotopic (exact) mass is 157 g/mol. The molecule has 2 heterocycles. The largest absolute Gasteiger partial charge is 0.366 e. The van der Waals surface area contributed by atoms with E-state index in [-0.39, 0.29) is 0 Å². The number of hydrogen-bond acceptors (Lipinski definition) is 2. The van der Waals surface area contributed by atoms with Gasteiger partial charge in [0.1, 0.15) is 25.3 Å². The Balaban J connectivity index is 2.16. The van der Waals surface area contributed by atoms with Crippen molar-refractivity contribution in [3.8, 4) is 0 Å². The van der Waals surface area contributed by atoms with Crippen LogP contribution in [0, 0.1) is 0 Å². The molecule has 3 heteroatoms. The summed E-state index contributed by atoms with van der Waals surface area (Å²) in [5.74, 6) is 0. The van der Waals surface area contributed by atoms with Gasteiger partial charge in [0.25, 0.3) is 0 Å². The van der Waals surface area contributed by atoms with Crippen LogP contribution in [0.5, 0.6) is 0 Å². The fourth-order valence-corrected chi connectivity index (χ4v) is 2.25. The maximum Gasteiger partial charge on any atom is 0.133 e. The summed E-state index contributed by atoms with van der Waals surface area (Å²) in [4.78, 5) is 0. The molecule has 0 N–H and O–H groups in total. The van der Waals surface area contributed by atoms with Gasteiger partial charge in [0.2, 0.25) is 0 Å². The summed E-state index contributed by atoms with van der Waals surface area (Å²) in [5.41, 5.74) is 0. The molecule has 0 aromatic rings. The van der Waals surface area contributed by atoms with E-state index in [2.05, 4.69) is 26.2 Å². The Morgan fingerprint density at radius 1 is 1.45 bits per heavy atom. The van der Waals surface area contributed by atoms with Gasteiger partial charge in [-0.3, -0.25) is 0 Å². The average molecular weight is 157 g/mol. The zero-order chi connectivity index (χ0) is 8.06. The lowest BCUT2D eigenvalue weighted by Crippen LogP contribution is -2.60. The second kappa shape index (κ2) is 2.19. The predicted molar refractivity (Wildman–Crippen MR) is 42.9 cm³/mol. The molecular weight excluding hydrogens is 140 g/mol. The molecule has 2 aliphatic heterocycles. The molecule has 2 saturated heterocycles. The number of ether oxygens (including phenoxy) is 1. The Labute approximate surface area is 68.1 Å². The summed E-state index contributed by atoms with van der Waals surface area (Å²) in [6.45, 7) is 2.12. The molecule has 3 unspecified atom stereocenters. The smallest absolute Gasteiger partial charge is 0.133 e. The van der Waals surface area contributed by atoms with Crippen molar-refractivity contribution in [2.75, 3.05) is 34.3 Å². The molecule has 0 saturated carbocycles. The molecule has 11 heavy (non-hydrogen) atoms. The number of hydrogen-bond donors (Lipinski definition) is 0. The van der Waals surface area contributed by atoms with Crippen LogP contribution in [0.1, 0.15) is 6.42 Å². The molecule has 64 valence electrons. The minimum Gasteiger partial charge on any atom is -0.366 e. The second-order valence-electron chi connectivity index (χ2n) is 4.09. The van der Waals surface area contributed by atoms with Crippen LogP contribution >= 0.6 is 0 Å². The first-order chi connectivity index (χ1) is 5.13. The van der Waals surface area contributed by atoms with E-state index < -0.39 is 0 Å². The number of quaternary nitrogens is 1. The number of likely N-dealkylation sites (N-methyl/N-ethyl adjacent to an activating group) is 1. The zero-order valence-corrected chi connectivity index (χ0v) is 7.58. The highest BCUT2D eigenvalue weighted by atomic mass is 16.5. The van der Waals surface area contributed by atoms with Crippen molar-refractivity contribution in [1.29, 1.82) is 0 Å². The van der Waals surface area contributed by atoms with Crippen LogP contribution in [0.15, 0.2) is 0 Å². The molecule has 0 radical (unpaired) electrons. The van der Waals surface area contributed by atoms with Crippen LogP contribution in [0.4, 0.5) is 0 Å². The molecule has 2 rings (SSSR count). The third-order valence-electron chi connectivity index (χ3n) is 3.33. The van der Waals surface area contributed by atoms with Crippen molar-refractivity contribution in [1.82, 2.24) is 5.01 Å². The lowest BCUT2D eigenvalue weighted by molar-refractivity contribution is -1.03. The van der Waals surface area contributed by atoms with E-state index in [0.717, 1.165) is 23.8 Å². The van der Waals surface area contributed by atoms with E-state index in [4.69, 9.17) is 4.74 Å². The summed E-state index contributed by atoms with van der Waals surface area (Å²) in [6, 6.07) is 0.718.